The van der Waals surface area contributed by atoms with Crippen molar-refractivity contribution >= 4 is 36.5 Å². The lowest BCUT2D eigenvalue weighted by Gasteiger charge is -2.32. The molecule has 7 heteroatoms. The molecule has 0 bridgehead atoms. The lowest BCUT2D eigenvalue weighted by atomic mass is 9.96. The van der Waals surface area contributed by atoms with Crippen molar-refractivity contribution in [2.24, 2.45) is 5.92 Å². The van der Waals surface area contributed by atoms with E-state index in [0.29, 0.717) is 11.5 Å². The average molecular weight is 363 g/mol. The molecule has 2 rings (SSSR count). The van der Waals surface area contributed by atoms with E-state index < -0.39 is 0 Å². The van der Waals surface area contributed by atoms with Gasteiger partial charge in [-0.15, -0.1) is 24.8 Å². The van der Waals surface area contributed by atoms with Gasteiger partial charge in [-0.3, -0.25) is 4.79 Å². The SMILES string of the molecule is CCNCC1CCN(C(=O)c2ccc(N(C)C)nc2)CC1.Cl.Cl. The van der Waals surface area contributed by atoms with Crippen molar-refractivity contribution in [1.29, 1.82) is 0 Å². The van der Waals surface area contributed by atoms with Crippen LogP contribution in [0.4, 0.5) is 5.82 Å². The smallest absolute Gasteiger partial charge is 0.255 e. The standard InChI is InChI=1S/C16H26N4O.2ClH/c1-4-17-11-13-7-9-20(10-8-13)16(21)14-5-6-15(18-12-14)19(2)3;;/h5-6,12-13,17H,4,7-11H2,1-3H3;2*1H. The zero-order chi connectivity index (χ0) is 15.2. The molecule has 1 aliphatic heterocycles. The Bertz CT molecular complexity index is 460. The van der Waals surface area contributed by atoms with Gasteiger partial charge in [0.2, 0.25) is 0 Å². The molecule has 0 unspecified atom stereocenters. The number of pyridine rings is 1. The summed E-state index contributed by atoms with van der Waals surface area (Å²) < 4.78 is 0. The highest BCUT2D eigenvalue weighted by atomic mass is 35.5. The third-order valence-electron chi connectivity index (χ3n) is 4.04. The molecular weight excluding hydrogens is 335 g/mol. The molecule has 0 aliphatic carbocycles. The topological polar surface area (TPSA) is 48.5 Å². The summed E-state index contributed by atoms with van der Waals surface area (Å²) in [5.74, 6) is 1.67. The normalized spacial score (nSPS) is 14.7. The van der Waals surface area contributed by atoms with Crippen molar-refractivity contribution in [3.63, 3.8) is 0 Å². The number of carbonyl (C=O) groups is 1. The van der Waals surface area contributed by atoms with Crippen LogP contribution >= 0.6 is 24.8 Å². The fourth-order valence-corrected chi connectivity index (χ4v) is 2.65. The van der Waals surface area contributed by atoms with Gasteiger partial charge < -0.3 is 15.1 Å². The van der Waals surface area contributed by atoms with Crippen molar-refractivity contribution in [3.05, 3.63) is 23.9 Å². The Labute approximate surface area is 151 Å². The van der Waals surface area contributed by atoms with Crippen LogP contribution < -0.4 is 10.2 Å². The van der Waals surface area contributed by atoms with Gasteiger partial charge in [0.05, 0.1) is 5.56 Å². The molecule has 1 aliphatic rings. The molecule has 0 radical (unpaired) electrons. The number of aromatic nitrogens is 1. The zero-order valence-corrected chi connectivity index (χ0v) is 15.8. The van der Waals surface area contributed by atoms with Crippen molar-refractivity contribution in [1.82, 2.24) is 15.2 Å². The molecular formula is C16H28Cl2N4O. The summed E-state index contributed by atoms with van der Waals surface area (Å²) >= 11 is 0. The third-order valence-corrected chi connectivity index (χ3v) is 4.04. The first kappa shape index (κ1) is 22.0. The number of nitrogens with zero attached hydrogens (tertiary/aromatic N) is 3. The summed E-state index contributed by atoms with van der Waals surface area (Å²) in [7, 11) is 3.89. The quantitative estimate of drug-likeness (QED) is 0.873. The van der Waals surface area contributed by atoms with Crippen LogP contribution in [0.5, 0.6) is 0 Å². The summed E-state index contributed by atoms with van der Waals surface area (Å²) in [5, 5.41) is 3.39. The van der Waals surface area contributed by atoms with Gasteiger partial charge in [0.25, 0.3) is 5.91 Å². The predicted octanol–water partition coefficient (Wildman–Crippen LogP) is 2.45. The summed E-state index contributed by atoms with van der Waals surface area (Å²) in [6.45, 7) is 5.92. The van der Waals surface area contributed by atoms with Gasteiger partial charge in [-0.1, -0.05) is 6.92 Å². The summed E-state index contributed by atoms with van der Waals surface area (Å²) in [4.78, 5) is 20.7. The first-order valence-corrected chi connectivity index (χ1v) is 7.75. The Kier molecular flexibility index (Phi) is 10.2. The Hall–Kier alpha value is -1.04. The van der Waals surface area contributed by atoms with Gasteiger partial charge in [-0.2, -0.15) is 0 Å². The second-order valence-corrected chi connectivity index (χ2v) is 5.84. The van der Waals surface area contributed by atoms with Gasteiger partial charge in [0.15, 0.2) is 0 Å². The lowest BCUT2D eigenvalue weighted by Crippen LogP contribution is -2.40. The summed E-state index contributed by atoms with van der Waals surface area (Å²) in [5.41, 5.74) is 0.686. The first-order chi connectivity index (χ1) is 10.1. The van der Waals surface area contributed by atoms with E-state index in [-0.39, 0.29) is 30.7 Å². The van der Waals surface area contributed by atoms with E-state index >= 15 is 0 Å². The van der Waals surface area contributed by atoms with Crippen LogP contribution in [-0.2, 0) is 0 Å². The molecule has 1 N–H and O–H groups in total. The highest BCUT2D eigenvalue weighted by molar-refractivity contribution is 5.94. The largest absolute Gasteiger partial charge is 0.363 e. The minimum absolute atomic E-state index is 0. The molecule has 1 aromatic rings. The molecule has 0 saturated carbocycles. The van der Waals surface area contributed by atoms with E-state index in [1.165, 1.54) is 0 Å². The second-order valence-electron chi connectivity index (χ2n) is 5.84. The van der Waals surface area contributed by atoms with E-state index in [1.807, 2.05) is 36.0 Å². The van der Waals surface area contributed by atoms with Crippen molar-refractivity contribution in [2.75, 3.05) is 45.2 Å². The average Bonchev–Trinajstić information content (AvgIpc) is 2.53. The molecule has 2 heterocycles. The first-order valence-electron chi connectivity index (χ1n) is 7.75. The molecule has 0 atom stereocenters. The van der Waals surface area contributed by atoms with Crippen LogP contribution in [0.3, 0.4) is 0 Å². The number of nitrogens with one attached hydrogen (secondary N) is 1. The van der Waals surface area contributed by atoms with Gasteiger partial charge in [-0.25, -0.2) is 4.98 Å². The number of hydrogen-bond donors (Lipinski definition) is 1. The van der Waals surface area contributed by atoms with Crippen LogP contribution in [0.2, 0.25) is 0 Å². The third kappa shape index (κ3) is 6.16. The van der Waals surface area contributed by atoms with Gasteiger partial charge in [0, 0.05) is 33.4 Å². The number of anilines is 1. The Balaban J connectivity index is 0.00000242. The number of amides is 1. The van der Waals surface area contributed by atoms with Crippen LogP contribution in [0.1, 0.15) is 30.1 Å². The maximum Gasteiger partial charge on any atom is 0.255 e. The summed E-state index contributed by atoms with van der Waals surface area (Å²) in [6, 6.07) is 3.76. The maximum absolute atomic E-state index is 12.5. The molecule has 0 spiro atoms. The van der Waals surface area contributed by atoms with E-state index in [0.717, 1.165) is 44.8 Å². The number of carbonyl (C=O) groups excluding carboxylic acids is 1. The fraction of sp³-hybridized carbons (Fsp3) is 0.625. The van der Waals surface area contributed by atoms with Gasteiger partial charge in [-0.05, 0) is 44.0 Å². The molecule has 0 aromatic carbocycles. The van der Waals surface area contributed by atoms with E-state index in [2.05, 4.69) is 17.2 Å². The predicted molar refractivity (Wildman–Crippen MR) is 100 cm³/mol. The Morgan fingerprint density at radius 1 is 1.30 bits per heavy atom. The van der Waals surface area contributed by atoms with Crippen LogP contribution in [0, 0.1) is 5.92 Å². The molecule has 5 nitrogen and oxygen atoms in total. The maximum atomic E-state index is 12.5. The molecule has 1 fully saturated rings. The number of likely N-dealkylation sites (tertiary alicyclic amines) is 1. The van der Waals surface area contributed by atoms with E-state index in [1.54, 1.807) is 6.20 Å². The number of hydrogen-bond acceptors (Lipinski definition) is 4. The molecule has 1 aromatic heterocycles. The van der Waals surface area contributed by atoms with Crippen molar-refractivity contribution in [3.8, 4) is 0 Å². The second kappa shape index (κ2) is 10.7. The minimum Gasteiger partial charge on any atom is -0.363 e. The highest BCUT2D eigenvalue weighted by Gasteiger charge is 2.23. The minimum atomic E-state index is 0. The number of halogens is 2. The van der Waals surface area contributed by atoms with Crippen LogP contribution in [-0.4, -0.2) is 56.1 Å². The number of rotatable bonds is 5. The van der Waals surface area contributed by atoms with Gasteiger partial charge >= 0.3 is 0 Å². The highest BCUT2D eigenvalue weighted by Crippen LogP contribution is 2.19. The van der Waals surface area contributed by atoms with Gasteiger partial charge in [0.1, 0.15) is 5.82 Å². The number of piperidine rings is 1. The zero-order valence-electron chi connectivity index (χ0n) is 14.1. The molecule has 1 saturated heterocycles. The van der Waals surface area contributed by atoms with E-state index in [9.17, 15) is 4.79 Å². The Morgan fingerprint density at radius 2 is 1.96 bits per heavy atom. The molecule has 132 valence electrons. The monoisotopic (exact) mass is 362 g/mol. The van der Waals surface area contributed by atoms with Crippen molar-refractivity contribution < 1.29 is 4.79 Å². The summed E-state index contributed by atoms with van der Waals surface area (Å²) in [6.07, 6.45) is 3.85. The van der Waals surface area contributed by atoms with E-state index in [4.69, 9.17) is 0 Å². The molecule has 1 amide bonds. The lowest BCUT2D eigenvalue weighted by molar-refractivity contribution is 0.0690. The van der Waals surface area contributed by atoms with Crippen LogP contribution in [0.15, 0.2) is 18.3 Å². The fourth-order valence-electron chi connectivity index (χ4n) is 2.65. The Morgan fingerprint density at radius 3 is 2.43 bits per heavy atom. The van der Waals surface area contributed by atoms with Crippen LogP contribution in [0.25, 0.3) is 0 Å². The molecule has 23 heavy (non-hydrogen) atoms. The van der Waals surface area contributed by atoms with Crippen molar-refractivity contribution in [2.45, 2.75) is 19.8 Å².